The van der Waals surface area contributed by atoms with Crippen LogP contribution in [0.2, 0.25) is 0 Å². The van der Waals surface area contributed by atoms with Gasteiger partial charge in [0.25, 0.3) is 0 Å². The maximum Gasteiger partial charge on any atom is 0.105 e. The summed E-state index contributed by atoms with van der Waals surface area (Å²) in [7, 11) is 0. The van der Waals surface area contributed by atoms with Gasteiger partial charge in [0.05, 0.1) is 83.6 Å². The molecule has 0 aliphatic carbocycles. The first-order chi connectivity index (χ1) is 37.9. The number of hydrogen-bond acceptors (Lipinski definition) is 1. The molecule has 0 fully saturated rings. The Bertz CT molecular complexity index is 4750. The fourth-order valence-electron chi connectivity index (χ4n) is 13.3. The lowest BCUT2D eigenvalue weighted by Crippen LogP contribution is -2.18. The predicted molar refractivity (Wildman–Crippen MR) is 322 cm³/mol. The molecule has 0 amide bonds. The molecule has 0 unspecified atom stereocenters. The lowest BCUT2D eigenvalue weighted by molar-refractivity contribution is 0.992. The van der Waals surface area contributed by atoms with Gasteiger partial charge in [-0.3, -0.25) is 0 Å². The summed E-state index contributed by atoms with van der Waals surface area (Å²) in [4.78, 5) is 0. The highest BCUT2D eigenvalue weighted by atomic mass is 15.2. The van der Waals surface area contributed by atoms with E-state index < -0.39 is 0 Å². The van der Waals surface area contributed by atoms with Crippen molar-refractivity contribution in [3.05, 3.63) is 246 Å². The maximum atomic E-state index is 13.0. The summed E-state index contributed by atoms with van der Waals surface area (Å²) in [6.07, 6.45) is 0. The normalized spacial score (nSPS) is 12.1. The van der Waals surface area contributed by atoms with Crippen molar-refractivity contribution < 1.29 is 0 Å². The molecule has 0 spiro atoms. The zero-order valence-electron chi connectivity index (χ0n) is 43.0. The van der Waals surface area contributed by atoms with Crippen molar-refractivity contribution in [2.24, 2.45) is 0 Å². The molecule has 0 aliphatic heterocycles. The van der Waals surface area contributed by atoms with E-state index in [0.717, 1.165) is 137 Å². The Morgan fingerprint density at radius 3 is 0.662 bits per heavy atom. The van der Waals surface area contributed by atoms with E-state index in [1.165, 1.54) is 22.3 Å². The topological polar surface area (TPSA) is 48.4 Å². The minimum absolute atomic E-state index is 0.543. The van der Waals surface area contributed by atoms with Gasteiger partial charge in [-0.05, 0) is 113 Å². The smallest absolute Gasteiger partial charge is 0.105 e. The molecule has 6 nitrogen and oxygen atoms in total. The van der Waals surface area contributed by atoms with Gasteiger partial charge < -0.3 is 22.8 Å². The Morgan fingerprint density at radius 1 is 0.234 bits per heavy atom. The van der Waals surface area contributed by atoms with Crippen molar-refractivity contribution in [3.63, 3.8) is 0 Å². The molecule has 16 rings (SSSR count). The van der Waals surface area contributed by atoms with Crippen LogP contribution < -0.4 is 0 Å². The van der Waals surface area contributed by atoms with E-state index in [9.17, 15) is 5.26 Å². The molecule has 0 atom stereocenters. The molecule has 0 radical (unpaired) electrons. The van der Waals surface area contributed by atoms with Crippen molar-refractivity contribution in [2.75, 3.05) is 0 Å². The van der Waals surface area contributed by atoms with Crippen LogP contribution in [0, 0.1) is 39.0 Å². The van der Waals surface area contributed by atoms with Gasteiger partial charge in [-0.25, -0.2) is 0 Å². The molecule has 16 aromatic rings. The zero-order valence-corrected chi connectivity index (χ0v) is 43.0. The lowest BCUT2D eigenvalue weighted by Gasteiger charge is -2.30. The van der Waals surface area contributed by atoms with E-state index in [0.29, 0.717) is 5.56 Å². The first-order valence-electron chi connectivity index (χ1n) is 26.5. The highest BCUT2D eigenvalue weighted by Crippen LogP contribution is 2.52. The van der Waals surface area contributed by atoms with E-state index in [-0.39, 0.29) is 0 Å². The van der Waals surface area contributed by atoms with E-state index in [2.05, 4.69) is 275 Å². The third-order valence-corrected chi connectivity index (χ3v) is 16.5. The standard InChI is InChI=1S/C71H48N6/c1-42-29-33-63-52(37-42)53-38-43(2)30-34-64(53)76(63)69-67(73-57-23-11-5-17-46(57)47-18-6-12-24-58(47)73)56(41-72)68(74-59-25-13-7-19-48(59)49-20-8-14-26-60(49)74)70(71(69)75-61-27-15-9-21-50(61)51-22-10-16-28-62(51)75)77-65-35-31-44(3)39-54(65)55-40-45(4)32-36-66(55)77/h5-40H,1-4H3. The third-order valence-electron chi connectivity index (χ3n) is 16.5. The van der Waals surface area contributed by atoms with Gasteiger partial charge in [-0.1, -0.05) is 156 Å². The molecule has 5 aromatic heterocycles. The summed E-state index contributed by atoms with van der Waals surface area (Å²) in [6.45, 7) is 8.74. The maximum absolute atomic E-state index is 13.0. The van der Waals surface area contributed by atoms with Crippen LogP contribution in [0.3, 0.4) is 0 Å². The Morgan fingerprint density at radius 2 is 0.429 bits per heavy atom. The van der Waals surface area contributed by atoms with Gasteiger partial charge >= 0.3 is 0 Å². The number of aromatic nitrogens is 5. The van der Waals surface area contributed by atoms with E-state index in [1.54, 1.807) is 0 Å². The SMILES string of the molecule is Cc1ccc2c(c1)c1cc(C)ccc1n2-c1c(-n2c3ccccc3c3ccccc32)c(C#N)c(-n2c3ccccc3c3ccccc32)c(-n2c3ccc(C)cc3c3cc(C)ccc32)c1-n1c2ccccc2c2ccccc21. The van der Waals surface area contributed by atoms with Gasteiger partial charge in [0.15, 0.2) is 0 Å². The van der Waals surface area contributed by atoms with Gasteiger partial charge in [0.1, 0.15) is 11.6 Å². The Hall–Kier alpha value is -10.1. The molecule has 362 valence electrons. The van der Waals surface area contributed by atoms with Crippen LogP contribution in [0.1, 0.15) is 27.8 Å². The van der Waals surface area contributed by atoms with Gasteiger partial charge in [-0.2, -0.15) is 5.26 Å². The Kier molecular flexibility index (Phi) is 8.98. The monoisotopic (exact) mass is 984 g/mol. The minimum Gasteiger partial charge on any atom is -0.306 e. The summed E-state index contributed by atoms with van der Waals surface area (Å²) >= 11 is 0. The zero-order chi connectivity index (χ0) is 51.4. The van der Waals surface area contributed by atoms with E-state index in [1.807, 2.05) is 0 Å². The molecule has 77 heavy (non-hydrogen) atoms. The fraction of sp³-hybridized carbons (Fsp3) is 0.0563. The number of aryl methyl sites for hydroxylation is 4. The molecule has 5 heterocycles. The number of para-hydroxylation sites is 6. The predicted octanol–water partition coefficient (Wildman–Crippen LogP) is 18.3. The van der Waals surface area contributed by atoms with Crippen LogP contribution in [0.4, 0.5) is 0 Å². The summed E-state index contributed by atoms with van der Waals surface area (Å²) < 4.78 is 12.4. The number of nitriles is 1. The number of hydrogen-bond donors (Lipinski definition) is 0. The van der Waals surface area contributed by atoms with Crippen molar-refractivity contribution in [1.82, 2.24) is 22.8 Å². The highest BCUT2D eigenvalue weighted by molar-refractivity contribution is 6.18. The molecule has 0 bridgehead atoms. The van der Waals surface area contributed by atoms with Gasteiger partial charge in [-0.15, -0.1) is 0 Å². The van der Waals surface area contributed by atoms with Crippen LogP contribution in [0.25, 0.3) is 137 Å². The van der Waals surface area contributed by atoms with Crippen LogP contribution in [0.15, 0.2) is 218 Å². The molecular formula is C71H48N6. The summed E-state index contributed by atoms with van der Waals surface area (Å²) in [5.74, 6) is 0. The Balaban J connectivity index is 1.31. The van der Waals surface area contributed by atoms with Crippen LogP contribution in [-0.2, 0) is 0 Å². The van der Waals surface area contributed by atoms with Gasteiger partial charge in [0.2, 0.25) is 0 Å². The van der Waals surface area contributed by atoms with Crippen molar-refractivity contribution in [1.29, 1.82) is 5.26 Å². The highest BCUT2D eigenvalue weighted by Gasteiger charge is 2.36. The molecular weight excluding hydrogens is 937 g/mol. The first kappa shape index (κ1) is 43.3. The first-order valence-corrected chi connectivity index (χ1v) is 26.5. The summed E-state index contributed by atoms with van der Waals surface area (Å²) in [6, 6.07) is 83.2. The van der Waals surface area contributed by atoms with Crippen LogP contribution >= 0.6 is 0 Å². The lowest BCUT2D eigenvalue weighted by atomic mass is 10.0. The minimum atomic E-state index is 0.543. The molecule has 0 saturated heterocycles. The average Bonchev–Trinajstić information content (AvgIpc) is 4.33. The molecule has 0 N–H and O–H groups in total. The van der Waals surface area contributed by atoms with Gasteiger partial charge in [0, 0.05) is 53.9 Å². The molecule has 11 aromatic carbocycles. The number of nitrogens with zero attached hydrogens (tertiary/aromatic N) is 6. The van der Waals surface area contributed by atoms with Crippen molar-refractivity contribution in [2.45, 2.75) is 27.7 Å². The quantitative estimate of drug-likeness (QED) is 0.169. The Labute approximate surface area is 443 Å². The van der Waals surface area contributed by atoms with Crippen molar-refractivity contribution in [3.8, 4) is 34.5 Å². The third kappa shape index (κ3) is 5.88. The molecule has 6 heteroatoms. The number of rotatable bonds is 5. The second-order valence-corrected chi connectivity index (χ2v) is 21.1. The molecule has 0 aliphatic rings. The van der Waals surface area contributed by atoms with Crippen LogP contribution in [0.5, 0.6) is 0 Å². The van der Waals surface area contributed by atoms with E-state index >= 15 is 0 Å². The summed E-state index contributed by atoms with van der Waals surface area (Å²) in [5, 5.41) is 24.3. The van der Waals surface area contributed by atoms with Crippen LogP contribution in [-0.4, -0.2) is 22.8 Å². The largest absolute Gasteiger partial charge is 0.306 e. The second kappa shape index (κ2) is 16.0. The number of fused-ring (bicyclic) bond motifs is 15. The number of benzene rings is 11. The average molecular weight is 985 g/mol. The second-order valence-electron chi connectivity index (χ2n) is 21.1. The molecule has 0 saturated carbocycles. The fourth-order valence-corrected chi connectivity index (χ4v) is 13.3. The summed E-state index contributed by atoms with van der Waals surface area (Å²) in [5.41, 5.74) is 19.9. The van der Waals surface area contributed by atoms with Crippen molar-refractivity contribution >= 4 is 109 Å². The van der Waals surface area contributed by atoms with E-state index in [4.69, 9.17) is 0 Å².